The van der Waals surface area contributed by atoms with Gasteiger partial charge >= 0.3 is 5.97 Å². The zero-order chi connectivity index (χ0) is 19.5. The van der Waals surface area contributed by atoms with E-state index < -0.39 is 40.6 Å². The van der Waals surface area contributed by atoms with Crippen molar-refractivity contribution in [1.29, 1.82) is 0 Å². The lowest BCUT2D eigenvalue weighted by Crippen LogP contribution is -2.15. The number of benzene rings is 1. The third-order valence-electron chi connectivity index (χ3n) is 3.60. The van der Waals surface area contributed by atoms with Crippen molar-refractivity contribution in [3.63, 3.8) is 0 Å². The lowest BCUT2D eigenvalue weighted by atomic mass is 10.1. The molecule has 1 rings (SSSR count). The van der Waals surface area contributed by atoms with Crippen LogP contribution in [0.3, 0.4) is 0 Å². The van der Waals surface area contributed by atoms with Crippen LogP contribution in [0, 0.1) is 29.1 Å². The third kappa shape index (κ3) is 6.28. The molecular weight excluding hydrogens is 355 g/mol. The van der Waals surface area contributed by atoms with Crippen molar-refractivity contribution in [2.75, 3.05) is 6.61 Å². The van der Waals surface area contributed by atoms with Crippen molar-refractivity contribution in [3.05, 3.63) is 59.0 Å². The molecule has 0 heterocycles. The van der Waals surface area contributed by atoms with Crippen LogP contribution in [0.2, 0.25) is 0 Å². The van der Waals surface area contributed by atoms with E-state index in [9.17, 15) is 26.7 Å². The first-order chi connectivity index (χ1) is 12.4. The Balaban J connectivity index is 2.34. The molecule has 0 bridgehead atoms. The summed E-state index contributed by atoms with van der Waals surface area (Å²) in [5.74, 6) is -12.6. The Morgan fingerprint density at radius 1 is 0.808 bits per heavy atom. The van der Waals surface area contributed by atoms with Crippen molar-refractivity contribution in [2.45, 2.75) is 45.4 Å². The van der Waals surface area contributed by atoms with Crippen molar-refractivity contribution in [3.8, 4) is 0 Å². The smallest absolute Gasteiger partial charge is 0.344 e. The summed E-state index contributed by atoms with van der Waals surface area (Å²) in [6.45, 7) is 1.78. The number of hydrogen-bond donors (Lipinski definition) is 0. The SMILES string of the molecule is C/C=C/C=C/CCCCCCCOC(=O)c1c(F)c(F)c(F)c(F)c1F. The second kappa shape index (κ2) is 11.4. The van der Waals surface area contributed by atoms with E-state index >= 15 is 0 Å². The summed E-state index contributed by atoms with van der Waals surface area (Å²) in [7, 11) is 0. The summed E-state index contributed by atoms with van der Waals surface area (Å²) in [4.78, 5) is 11.6. The van der Waals surface area contributed by atoms with Gasteiger partial charge in [-0.15, -0.1) is 0 Å². The van der Waals surface area contributed by atoms with E-state index in [2.05, 4.69) is 10.8 Å². The predicted octanol–water partition coefficient (Wildman–Crippen LogP) is 6.01. The van der Waals surface area contributed by atoms with Gasteiger partial charge in [0.2, 0.25) is 5.82 Å². The Labute approximate surface area is 149 Å². The second-order valence-electron chi connectivity index (χ2n) is 5.59. The molecule has 0 unspecified atom stereocenters. The van der Waals surface area contributed by atoms with Crippen molar-refractivity contribution >= 4 is 5.97 Å². The van der Waals surface area contributed by atoms with E-state index in [0.29, 0.717) is 6.42 Å². The summed E-state index contributed by atoms with van der Waals surface area (Å²) in [5.41, 5.74) is -1.56. The summed E-state index contributed by atoms with van der Waals surface area (Å²) in [6, 6.07) is 0. The van der Waals surface area contributed by atoms with E-state index in [1.807, 2.05) is 25.2 Å². The van der Waals surface area contributed by atoms with E-state index in [4.69, 9.17) is 0 Å². The van der Waals surface area contributed by atoms with Crippen LogP contribution in [0.1, 0.15) is 55.8 Å². The van der Waals surface area contributed by atoms with Gasteiger partial charge in [0.25, 0.3) is 0 Å². The Morgan fingerprint density at radius 2 is 1.35 bits per heavy atom. The number of ether oxygens (including phenoxy) is 1. The maximum atomic E-state index is 13.4. The molecule has 2 nitrogen and oxygen atoms in total. The average Bonchev–Trinajstić information content (AvgIpc) is 2.63. The molecule has 1 aromatic carbocycles. The summed E-state index contributed by atoms with van der Waals surface area (Å²) < 4.78 is 70.5. The molecule has 0 aromatic heterocycles. The van der Waals surface area contributed by atoms with Gasteiger partial charge in [-0.2, -0.15) is 0 Å². The van der Waals surface area contributed by atoms with Crippen LogP contribution in [0.4, 0.5) is 22.0 Å². The van der Waals surface area contributed by atoms with Crippen molar-refractivity contribution in [1.82, 2.24) is 0 Å². The molecule has 26 heavy (non-hydrogen) atoms. The zero-order valence-corrected chi connectivity index (χ0v) is 14.5. The number of halogens is 5. The Kier molecular flexibility index (Phi) is 9.62. The molecule has 0 aliphatic heterocycles. The standard InChI is InChI=1S/C19H21F5O2/c1-2-3-4-5-6-7-8-9-10-11-12-26-19(25)13-14(20)16(22)18(24)17(23)15(13)21/h2-5H,6-12H2,1H3/b3-2+,5-4+. The molecule has 0 aliphatic carbocycles. The highest BCUT2D eigenvalue weighted by atomic mass is 19.2. The van der Waals surface area contributed by atoms with Crippen LogP contribution in [-0.4, -0.2) is 12.6 Å². The zero-order valence-electron chi connectivity index (χ0n) is 14.5. The highest BCUT2D eigenvalue weighted by Gasteiger charge is 2.30. The van der Waals surface area contributed by atoms with Gasteiger partial charge in [0.1, 0.15) is 5.56 Å². The van der Waals surface area contributed by atoms with Crippen LogP contribution in [0.25, 0.3) is 0 Å². The van der Waals surface area contributed by atoms with Crippen LogP contribution < -0.4 is 0 Å². The summed E-state index contributed by atoms with van der Waals surface area (Å²) >= 11 is 0. The molecule has 7 heteroatoms. The number of hydrogen-bond acceptors (Lipinski definition) is 2. The minimum atomic E-state index is -2.31. The van der Waals surface area contributed by atoms with E-state index in [-0.39, 0.29) is 6.61 Å². The van der Waals surface area contributed by atoms with Gasteiger partial charge in [-0.25, -0.2) is 26.7 Å². The van der Waals surface area contributed by atoms with Crippen LogP contribution in [0.5, 0.6) is 0 Å². The number of carbonyl (C=O) groups is 1. The number of esters is 1. The minimum Gasteiger partial charge on any atom is -0.462 e. The fraction of sp³-hybridized carbons (Fsp3) is 0.421. The van der Waals surface area contributed by atoms with Crippen LogP contribution in [0.15, 0.2) is 24.3 Å². The topological polar surface area (TPSA) is 26.3 Å². The second-order valence-corrected chi connectivity index (χ2v) is 5.59. The summed E-state index contributed by atoms with van der Waals surface area (Å²) in [5, 5.41) is 0. The Morgan fingerprint density at radius 3 is 1.96 bits per heavy atom. The van der Waals surface area contributed by atoms with Crippen molar-refractivity contribution in [2.24, 2.45) is 0 Å². The Bertz CT molecular complexity index is 639. The highest BCUT2D eigenvalue weighted by Crippen LogP contribution is 2.23. The van der Waals surface area contributed by atoms with Gasteiger partial charge in [-0.3, -0.25) is 0 Å². The molecule has 0 fully saturated rings. The lowest BCUT2D eigenvalue weighted by Gasteiger charge is -2.08. The van der Waals surface area contributed by atoms with Gasteiger partial charge in [-0.1, -0.05) is 43.6 Å². The molecule has 144 valence electrons. The minimum absolute atomic E-state index is 0.153. The number of carbonyl (C=O) groups excluding carboxylic acids is 1. The van der Waals surface area contributed by atoms with E-state index in [1.54, 1.807) is 0 Å². The normalized spacial score (nSPS) is 11.6. The highest BCUT2D eigenvalue weighted by molar-refractivity contribution is 5.90. The van der Waals surface area contributed by atoms with Gasteiger partial charge in [0, 0.05) is 0 Å². The number of rotatable bonds is 10. The maximum absolute atomic E-state index is 13.4. The molecule has 0 saturated carbocycles. The van der Waals surface area contributed by atoms with E-state index in [1.165, 1.54) is 0 Å². The van der Waals surface area contributed by atoms with Gasteiger partial charge in [0.15, 0.2) is 23.3 Å². The summed E-state index contributed by atoms with van der Waals surface area (Å²) in [6.07, 6.45) is 12.9. The fourth-order valence-corrected chi connectivity index (χ4v) is 2.20. The lowest BCUT2D eigenvalue weighted by molar-refractivity contribution is 0.0483. The molecule has 0 atom stereocenters. The molecule has 0 saturated heterocycles. The molecule has 0 aliphatic rings. The monoisotopic (exact) mass is 376 g/mol. The average molecular weight is 376 g/mol. The molecular formula is C19H21F5O2. The number of allylic oxidation sites excluding steroid dienone is 4. The molecule has 0 N–H and O–H groups in total. The third-order valence-corrected chi connectivity index (χ3v) is 3.60. The fourth-order valence-electron chi connectivity index (χ4n) is 2.20. The maximum Gasteiger partial charge on any atom is 0.344 e. The predicted molar refractivity (Wildman–Crippen MR) is 88.2 cm³/mol. The molecule has 0 radical (unpaired) electrons. The number of unbranched alkanes of at least 4 members (excludes halogenated alkanes) is 5. The van der Waals surface area contributed by atoms with Crippen LogP contribution >= 0.6 is 0 Å². The first kappa shape index (κ1) is 21.9. The van der Waals surface area contributed by atoms with Gasteiger partial charge < -0.3 is 4.74 Å². The first-order valence-corrected chi connectivity index (χ1v) is 8.38. The van der Waals surface area contributed by atoms with E-state index in [0.717, 1.165) is 32.1 Å². The van der Waals surface area contributed by atoms with Crippen LogP contribution in [-0.2, 0) is 4.74 Å². The van der Waals surface area contributed by atoms with Gasteiger partial charge in [-0.05, 0) is 26.2 Å². The molecule has 0 spiro atoms. The van der Waals surface area contributed by atoms with Gasteiger partial charge in [0.05, 0.1) is 6.61 Å². The molecule has 1 aromatic rings. The Hall–Kier alpha value is -2.18. The first-order valence-electron chi connectivity index (χ1n) is 8.38. The largest absolute Gasteiger partial charge is 0.462 e. The van der Waals surface area contributed by atoms with Crippen molar-refractivity contribution < 1.29 is 31.5 Å². The molecule has 0 amide bonds. The quantitative estimate of drug-likeness (QED) is 0.125.